The van der Waals surface area contributed by atoms with Gasteiger partial charge in [-0.25, -0.2) is 15.0 Å². The van der Waals surface area contributed by atoms with Gasteiger partial charge < -0.3 is 4.90 Å². The molecule has 4 nitrogen and oxygen atoms in total. The van der Waals surface area contributed by atoms with Gasteiger partial charge >= 0.3 is 0 Å². The molecule has 0 amide bonds. The maximum Gasteiger partial charge on any atom is 0.225 e. The summed E-state index contributed by atoms with van der Waals surface area (Å²) < 4.78 is 0. The van der Waals surface area contributed by atoms with Gasteiger partial charge in [-0.2, -0.15) is 0 Å². The van der Waals surface area contributed by atoms with E-state index < -0.39 is 0 Å². The van der Waals surface area contributed by atoms with Gasteiger partial charge in [-0.3, -0.25) is 0 Å². The number of hydrogen-bond donors (Lipinski definition) is 0. The Morgan fingerprint density at radius 1 is 1.23 bits per heavy atom. The molecule has 1 fully saturated rings. The van der Waals surface area contributed by atoms with Gasteiger partial charge in [0, 0.05) is 36.8 Å². The first-order valence-electron chi connectivity index (χ1n) is 8.18. The largest absolute Gasteiger partial charge is 0.341 e. The summed E-state index contributed by atoms with van der Waals surface area (Å²) in [5, 5.41) is 3.52. The molecular formula is C17H24N4S. The lowest BCUT2D eigenvalue weighted by atomic mass is 9.98. The number of aryl methyl sites for hydroxylation is 1. The van der Waals surface area contributed by atoms with E-state index in [2.05, 4.69) is 41.0 Å². The number of thiazole rings is 1. The van der Waals surface area contributed by atoms with E-state index in [9.17, 15) is 0 Å². The highest BCUT2D eigenvalue weighted by Crippen LogP contribution is 2.31. The molecule has 1 saturated heterocycles. The van der Waals surface area contributed by atoms with Crippen LogP contribution in [0, 0.1) is 0 Å². The molecule has 0 aromatic carbocycles. The number of aromatic nitrogens is 3. The van der Waals surface area contributed by atoms with Crippen LogP contribution < -0.4 is 4.90 Å². The van der Waals surface area contributed by atoms with Gasteiger partial charge in [0.05, 0.1) is 10.7 Å². The minimum absolute atomic E-state index is 0.484. The monoisotopic (exact) mass is 316 g/mol. The molecule has 0 unspecified atom stereocenters. The Morgan fingerprint density at radius 3 is 2.45 bits per heavy atom. The first-order valence-corrected chi connectivity index (χ1v) is 9.06. The molecule has 0 saturated carbocycles. The predicted molar refractivity (Wildman–Crippen MR) is 91.8 cm³/mol. The fraction of sp³-hybridized carbons (Fsp3) is 0.588. The molecule has 0 radical (unpaired) electrons. The van der Waals surface area contributed by atoms with Crippen molar-refractivity contribution >= 4 is 17.3 Å². The SMILES string of the molecule is CCc1csc(C2CCN(c3ncc(C(C)C)cn3)CC2)n1. The fourth-order valence-electron chi connectivity index (χ4n) is 2.79. The summed E-state index contributed by atoms with van der Waals surface area (Å²) >= 11 is 1.82. The van der Waals surface area contributed by atoms with Crippen molar-refractivity contribution < 1.29 is 0 Å². The molecule has 0 bridgehead atoms. The summed E-state index contributed by atoms with van der Waals surface area (Å²) in [6.07, 6.45) is 7.25. The summed E-state index contributed by atoms with van der Waals surface area (Å²) in [7, 11) is 0. The van der Waals surface area contributed by atoms with Gasteiger partial charge in [0.25, 0.3) is 0 Å². The first-order chi connectivity index (χ1) is 10.7. The van der Waals surface area contributed by atoms with Gasteiger partial charge in [0.1, 0.15) is 0 Å². The highest BCUT2D eigenvalue weighted by Gasteiger charge is 2.24. The van der Waals surface area contributed by atoms with E-state index in [0.29, 0.717) is 11.8 Å². The third kappa shape index (κ3) is 3.29. The van der Waals surface area contributed by atoms with E-state index in [0.717, 1.165) is 38.3 Å². The van der Waals surface area contributed by atoms with E-state index in [1.54, 1.807) is 0 Å². The molecule has 0 N–H and O–H groups in total. The zero-order valence-electron chi connectivity index (χ0n) is 13.6. The Hall–Kier alpha value is -1.49. The maximum absolute atomic E-state index is 4.75. The average Bonchev–Trinajstić information content (AvgIpc) is 3.04. The van der Waals surface area contributed by atoms with Gasteiger partial charge in [-0.1, -0.05) is 20.8 Å². The van der Waals surface area contributed by atoms with Crippen molar-refractivity contribution in [2.75, 3.05) is 18.0 Å². The van der Waals surface area contributed by atoms with Crippen LogP contribution in [-0.4, -0.2) is 28.0 Å². The summed E-state index contributed by atoms with van der Waals surface area (Å²) in [5.74, 6) is 1.96. The van der Waals surface area contributed by atoms with Crippen LogP contribution in [-0.2, 0) is 6.42 Å². The van der Waals surface area contributed by atoms with Crippen LogP contribution in [0.15, 0.2) is 17.8 Å². The molecule has 2 aromatic rings. The van der Waals surface area contributed by atoms with Crippen molar-refractivity contribution in [1.82, 2.24) is 15.0 Å². The number of piperidine rings is 1. The Balaban J connectivity index is 1.61. The third-order valence-electron chi connectivity index (χ3n) is 4.38. The Bertz CT molecular complexity index is 597. The minimum Gasteiger partial charge on any atom is -0.341 e. The summed E-state index contributed by atoms with van der Waals surface area (Å²) in [4.78, 5) is 16.1. The molecule has 3 rings (SSSR count). The van der Waals surface area contributed by atoms with Gasteiger partial charge in [0.15, 0.2) is 0 Å². The highest BCUT2D eigenvalue weighted by atomic mass is 32.1. The fourth-order valence-corrected chi connectivity index (χ4v) is 3.87. The molecule has 2 aromatic heterocycles. The van der Waals surface area contributed by atoms with Crippen molar-refractivity contribution in [1.29, 1.82) is 0 Å². The van der Waals surface area contributed by atoms with E-state index in [1.807, 2.05) is 23.7 Å². The molecule has 0 spiro atoms. The smallest absolute Gasteiger partial charge is 0.225 e. The van der Waals surface area contributed by atoms with Crippen LogP contribution >= 0.6 is 11.3 Å². The Labute approximate surface area is 136 Å². The minimum atomic E-state index is 0.484. The van der Waals surface area contributed by atoms with Crippen LogP contribution in [0.2, 0.25) is 0 Å². The van der Waals surface area contributed by atoms with Crippen molar-refractivity contribution in [3.8, 4) is 0 Å². The molecule has 1 aliphatic heterocycles. The lowest BCUT2D eigenvalue weighted by molar-refractivity contribution is 0.497. The summed E-state index contributed by atoms with van der Waals surface area (Å²) in [6.45, 7) is 8.55. The van der Waals surface area contributed by atoms with Crippen LogP contribution in [0.4, 0.5) is 5.95 Å². The number of hydrogen-bond acceptors (Lipinski definition) is 5. The first kappa shape index (κ1) is 15.4. The Kier molecular flexibility index (Phi) is 4.71. The van der Waals surface area contributed by atoms with Crippen LogP contribution in [0.1, 0.15) is 61.7 Å². The second kappa shape index (κ2) is 6.73. The number of rotatable bonds is 4. The second-order valence-corrected chi connectivity index (χ2v) is 7.15. The van der Waals surface area contributed by atoms with Crippen LogP contribution in [0.5, 0.6) is 0 Å². The zero-order chi connectivity index (χ0) is 15.5. The van der Waals surface area contributed by atoms with Gasteiger partial charge in [-0.15, -0.1) is 11.3 Å². The average molecular weight is 316 g/mol. The summed E-state index contributed by atoms with van der Waals surface area (Å²) in [6, 6.07) is 0. The molecule has 3 heterocycles. The van der Waals surface area contributed by atoms with Crippen molar-refractivity contribution in [2.45, 2.75) is 51.9 Å². The Morgan fingerprint density at radius 2 is 1.91 bits per heavy atom. The highest BCUT2D eigenvalue weighted by molar-refractivity contribution is 7.09. The molecule has 118 valence electrons. The molecule has 22 heavy (non-hydrogen) atoms. The quantitative estimate of drug-likeness (QED) is 0.855. The van der Waals surface area contributed by atoms with E-state index in [-0.39, 0.29) is 0 Å². The number of nitrogens with zero attached hydrogens (tertiary/aromatic N) is 4. The van der Waals surface area contributed by atoms with Crippen molar-refractivity contribution in [2.24, 2.45) is 0 Å². The van der Waals surface area contributed by atoms with Crippen molar-refractivity contribution in [3.05, 3.63) is 34.0 Å². The molecular weight excluding hydrogens is 292 g/mol. The lowest BCUT2D eigenvalue weighted by Crippen LogP contribution is -2.34. The second-order valence-electron chi connectivity index (χ2n) is 6.26. The zero-order valence-corrected chi connectivity index (χ0v) is 14.4. The third-order valence-corrected chi connectivity index (χ3v) is 5.44. The topological polar surface area (TPSA) is 41.9 Å². The molecule has 0 atom stereocenters. The molecule has 0 aliphatic carbocycles. The van der Waals surface area contributed by atoms with Crippen molar-refractivity contribution in [3.63, 3.8) is 0 Å². The van der Waals surface area contributed by atoms with Crippen LogP contribution in [0.3, 0.4) is 0 Å². The maximum atomic E-state index is 4.75. The van der Waals surface area contributed by atoms with E-state index in [1.165, 1.54) is 16.3 Å². The van der Waals surface area contributed by atoms with E-state index >= 15 is 0 Å². The number of anilines is 1. The molecule has 1 aliphatic rings. The van der Waals surface area contributed by atoms with Gasteiger partial charge in [-0.05, 0) is 30.7 Å². The predicted octanol–water partition coefficient (Wildman–Crippen LogP) is 4.00. The lowest BCUT2D eigenvalue weighted by Gasteiger charge is -2.31. The van der Waals surface area contributed by atoms with E-state index in [4.69, 9.17) is 4.98 Å². The van der Waals surface area contributed by atoms with Gasteiger partial charge in [0.2, 0.25) is 5.95 Å². The standard InChI is InChI=1S/C17H24N4S/c1-4-15-11-22-16(20-15)13-5-7-21(8-6-13)17-18-9-14(10-19-17)12(2)3/h9-13H,4-8H2,1-3H3. The normalized spacial score (nSPS) is 16.5. The van der Waals surface area contributed by atoms with Crippen LogP contribution in [0.25, 0.3) is 0 Å². The summed E-state index contributed by atoms with van der Waals surface area (Å²) in [5.41, 5.74) is 2.43. The molecule has 5 heteroatoms.